The molecule has 3 heterocycles. The number of hydrogen-bond acceptors (Lipinski definition) is 6. The SMILES string of the molecule is CC(C)Cn1c(SCC(=O)N2CCCCC2)nnc1N1CCOCC1. The number of likely N-dealkylation sites (tertiary alicyclic amines) is 1. The number of amides is 1. The summed E-state index contributed by atoms with van der Waals surface area (Å²) in [6.07, 6.45) is 3.49. The van der Waals surface area contributed by atoms with Gasteiger partial charge in [-0.1, -0.05) is 25.6 Å². The zero-order chi connectivity index (χ0) is 17.6. The Kier molecular flexibility index (Phi) is 6.58. The molecule has 0 bridgehead atoms. The molecule has 0 spiro atoms. The van der Waals surface area contributed by atoms with Crippen LogP contribution in [0, 0.1) is 5.92 Å². The van der Waals surface area contributed by atoms with Gasteiger partial charge in [-0.3, -0.25) is 9.36 Å². The van der Waals surface area contributed by atoms with Crippen LogP contribution in [0.5, 0.6) is 0 Å². The van der Waals surface area contributed by atoms with Gasteiger partial charge in [0.15, 0.2) is 5.16 Å². The molecule has 2 saturated heterocycles. The molecule has 140 valence electrons. The van der Waals surface area contributed by atoms with Crippen molar-refractivity contribution < 1.29 is 9.53 Å². The minimum Gasteiger partial charge on any atom is -0.378 e. The molecule has 0 saturated carbocycles. The standard InChI is InChI=1S/C17H29N5O2S/c1-14(2)12-22-16(21-8-10-24-11-9-21)18-19-17(22)25-13-15(23)20-6-4-3-5-7-20/h14H,3-13H2,1-2H3. The number of carbonyl (C=O) groups is 1. The van der Waals surface area contributed by atoms with E-state index in [0.29, 0.717) is 11.7 Å². The van der Waals surface area contributed by atoms with Crippen LogP contribution < -0.4 is 4.90 Å². The molecule has 25 heavy (non-hydrogen) atoms. The number of aromatic nitrogens is 3. The first kappa shape index (κ1) is 18.5. The number of ether oxygens (including phenoxy) is 1. The molecule has 2 aliphatic heterocycles. The third-order valence-corrected chi connectivity index (χ3v) is 5.52. The Morgan fingerprint density at radius 2 is 1.84 bits per heavy atom. The minimum atomic E-state index is 0.219. The Labute approximate surface area is 154 Å². The van der Waals surface area contributed by atoms with Gasteiger partial charge in [0.25, 0.3) is 0 Å². The van der Waals surface area contributed by atoms with Crippen LogP contribution in [-0.4, -0.2) is 70.7 Å². The van der Waals surface area contributed by atoms with Crippen molar-refractivity contribution in [3.63, 3.8) is 0 Å². The van der Waals surface area contributed by atoms with E-state index in [2.05, 4.69) is 33.5 Å². The van der Waals surface area contributed by atoms with Gasteiger partial charge in [0, 0.05) is 32.7 Å². The zero-order valence-corrected chi connectivity index (χ0v) is 16.1. The van der Waals surface area contributed by atoms with Crippen LogP contribution in [-0.2, 0) is 16.1 Å². The molecule has 1 aromatic rings. The zero-order valence-electron chi connectivity index (χ0n) is 15.3. The summed E-state index contributed by atoms with van der Waals surface area (Å²) >= 11 is 1.52. The maximum Gasteiger partial charge on any atom is 0.233 e. The van der Waals surface area contributed by atoms with E-state index in [1.807, 2.05) is 4.90 Å². The number of anilines is 1. The predicted molar refractivity (Wildman–Crippen MR) is 99.0 cm³/mol. The fourth-order valence-corrected chi connectivity index (χ4v) is 4.12. The summed E-state index contributed by atoms with van der Waals surface area (Å²) in [6, 6.07) is 0. The lowest BCUT2D eigenvalue weighted by atomic mass is 10.1. The highest BCUT2D eigenvalue weighted by atomic mass is 32.2. The molecule has 1 amide bonds. The second-order valence-corrected chi connectivity index (χ2v) is 8.06. The lowest BCUT2D eigenvalue weighted by Gasteiger charge is -2.28. The summed E-state index contributed by atoms with van der Waals surface area (Å²) in [5.41, 5.74) is 0. The lowest BCUT2D eigenvalue weighted by Crippen LogP contribution is -2.38. The van der Waals surface area contributed by atoms with Crippen LogP contribution in [0.25, 0.3) is 0 Å². The van der Waals surface area contributed by atoms with E-state index in [-0.39, 0.29) is 5.91 Å². The summed E-state index contributed by atoms with van der Waals surface area (Å²) in [5.74, 6) is 2.06. The van der Waals surface area contributed by atoms with E-state index in [0.717, 1.165) is 69.9 Å². The molecule has 1 aromatic heterocycles. The van der Waals surface area contributed by atoms with E-state index in [4.69, 9.17) is 4.74 Å². The summed E-state index contributed by atoms with van der Waals surface area (Å²) < 4.78 is 7.61. The maximum absolute atomic E-state index is 12.4. The van der Waals surface area contributed by atoms with Crippen molar-refractivity contribution in [2.45, 2.75) is 44.8 Å². The van der Waals surface area contributed by atoms with Gasteiger partial charge < -0.3 is 14.5 Å². The summed E-state index contributed by atoms with van der Waals surface area (Å²) in [4.78, 5) is 16.7. The fourth-order valence-electron chi connectivity index (χ4n) is 3.27. The Bertz CT molecular complexity index is 565. The Balaban J connectivity index is 1.67. The highest BCUT2D eigenvalue weighted by Crippen LogP contribution is 2.24. The van der Waals surface area contributed by atoms with E-state index >= 15 is 0 Å². The van der Waals surface area contributed by atoms with Crippen molar-refractivity contribution in [2.75, 3.05) is 50.0 Å². The quantitative estimate of drug-likeness (QED) is 0.716. The highest BCUT2D eigenvalue weighted by molar-refractivity contribution is 7.99. The lowest BCUT2D eigenvalue weighted by molar-refractivity contribution is -0.129. The number of rotatable bonds is 6. The summed E-state index contributed by atoms with van der Waals surface area (Å²) in [7, 11) is 0. The monoisotopic (exact) mass is 367 g/mol. The van der Waals surface area contributed by atoms with Crippen LogP contribution in [0.15, 0.2) is 5.16 Å². The molecule has 0 aromatic carbocycles. The number of hydrogen-bond donors (Lipinski definition) is 0. The van der Waals surface area contributed by atoms with E-state index in [1.165, 1.54) is 18.2 Å². The van der Waals surface area contributed by atoms with Gasteiger partial charge in [-0.25, -0.2) is 0 Å². The number of piperidine rings is 1. The van der Waals surface area contributed by atoms with Crippen LogP contribution in [0.4, 0.5) is 5.95 Å². The topological polar surface area (TPSA) is 63.5 Å². The van der Waals surface area contributed by atoms with E-state index < -0.39 is 0 Å². The van der Waals surface area contributed by atoms with Crippen molar-refractivity contribution in [3.8, 4) is 0 Å². The van der Waals surface area contributed by atoms with Crippen LogP contribution in [0.1, 0.15) is 33.1 Å². The second kappa shape index (κ2) is 8.89. The summed E-state index contributed by atoms with van der Waals surface area (Å²) in [5, 5.41) is 9.65. The molecule has 2 fully saturated rings. The molecule has 0 aliphatic carbocycles. The molecule has 0 N–H and O–H groups in total. The molecule has 0 unspecified atom stereocenters. The van der Waals surface area contributed by atoms with Crippen molar-refractivity contribution >= 4 is 23.6 Å². The first-order valence-electron chi connectivity index (χ1n) is 9.31. The average molecular weight is 368 g/mol. The van der Waals surface area contributed by atoms with Crippen LogP contribution in [0.3, 0.4) is 0 Å². The van der Waals surface area contributed by atoms with Gasteiger partial charge in [0.05, 0.1) is 19.0 Å². The fraction of sp³-hybridized carbons (Fsp3) is 0.824. The predicted octanol–water partition coefficient (Wildman–Crippen LogP) is 1.88. The second-order valence-electron chi connectivity index (χ2n) is 7.12. The van der Waals surface area contributed by atoms with E-state index in [1.54, 1.807) is 0 Å². The first-order valence-corrected chi connectivity index (χ1v) is 10.3. The van der Waals surface area contributed by atoms with Gasteiger partial charge in [0.1, 0.15) is 0 Å². The third kappa shape index (κ3) is 4.88. The van der Waals surface area contributed by atoms with E-state index in [9.17, 15) is 4.79 Å². The van der Waals surface area contributed by atoms with Gasteiger partial charge in [0.2, 0.25) is 11.9 Å². The van der Waals surface area contributed by atoms with Crippen molar-refractivity contribution in [2.24, 2.45) is 5.92 Å². The van der Waals surface area contributed by atoms with Gasteiger partial charge in [-0.15, -0.1) is 10.2 Å². The number of thioether (sulfide) groups is 1. The molecule has 2 aliphatic rings. The molecule has 8 heteroatoms. The Hall–Kier alpha value is -1.28. The molecule has 0 atom stereocenters. The number of carbonyl (C=O) groups excluding carboxylic acids is 1. The van der Waals surface area contributed by atoms with Crippen molar-refractivity contribution in [1.29, 1.82) is 0 Å². The number of nitrogens with zero attached hydrogens (tertiary/aromatic N) is 5. The van der Waals surface area contributed by atoms with Crippen molar-refractivity contribution in [3.05, 3.63) is 0 Å². The van der Waals surface area contributed by atoms with Gasteiger partial charge in [-0.05, 0) is 25.2 Å². The van der Waals surface area contributed by atoms with Crippen LogP contribution >= 0.6 is 11.8 Å². The smallest absolute Gasteiger partial charge is 0.233 e. The molecule has 3 rings (SSSR count). The largest absolute Gasteiger partial charge is 0.378 e. The van der Waals surface area contributed by atoms with Crippen LogP contribution in [0.2, 0.25) is 0 Å². The summed E-state index contributed by atoms with van der Waals surface area (Å²) in [6.45, 7) is 10.2. The number of morpholine rings is 1. The molecular formula is C17H29N5O2S. The van der Waals surface area contributed by atoms with Gasteiger partial charge >= 0.3 is 0 Å². The highest BCUT2D eigenvalue weighted by Gasteiger charge is 2.23. The molecular weight excluding hydrogens is 338 g/mol. The molecule has 7 nitrogen and oxygen atoms in total. The van der Waals surface area contributed by atoms with Gasteiger partial charge in [-0.2, -0.15) is 0 Å². The average Bonchev–Trinajstić information content (AvgIpc) is 3.03. The minimum absolute atomic E-state index is 0.219. The van der Waals surface area contributed by atoms with Crippen molar-refractivity contribution in [1.82, 2.24) is 19.7 Å². The Morgan fingerprint density at radius 1 is 1.12 bits per heavy atom. The maximum atomic E-state index is 12.4. The molecule has 0 radical (unpaired) electrons. The third-order valence-electron chi connectivity index (χ3n) is 4.57. The first-order chi connectivity index (χ1) is 12.1. The Morgan fingerprint density at radius 3 is 2.52 bits per heavy atom. The normalized spacial score (nSPS) is 18.8.